The number of methoxy groups -OCH3 is 1. The van der Waals surface area contributed by atoms with Gasteiger partial charge in [-0.1, -0.05) is 24.3 Å². The number of halogens is 6. The van der Waals surface area contributed by atoms with Gasteiger partial charge in [-0.05, 0) is 24.6 Å². The molecule has 1 atom stereocenters. The number of pyridine rings is 1. The lowest BCUT2D eigenvalue weighted by atomic mass is 9.81. The number of likely N-dealkylation sites (tertiary alicyclic amines) is 1. The molecule has 0 amide bonds. The van der Waals surface area contributed by atoms with E-state index in [1.807, 2.05) is 30.3 Å². The summed E-state index contributed by atoms with van der Waals surface area (Å²) in [6, 6.07) is 14.1. The van der Waals surface area contributed by atoms with Crippen molar-refractivity contribution in [2.75, 3.05) is 33.4 Å². The molecule has 0 bridgehead atoms. The first-order valence-electron chi connectivity index (χ1n) is 11.7. The Balaban J connectivity index is 0.000000333. The Hall–Kier alpha value is -3.43. The average Bonchev–Trinajstić information content (AvgIpc) is 3.28. The van der Waals surface area contributed by atoms with Crippen molar-refractivity contribution in [2.45, 2.75) is 37.5 Å². The highest BCUT2D eigenvalue weighted by molar-refractivity contribution is 5.73. The minimum Gasteiger partial charge on any atom is -0.496 e. The van der Waals surface area contributed by atoms with E-state index in [9.17, 15) is 26.3 Å². The molecule has 1 aromatic carbocycles. The van der Waals surface area contributed by atoms with Gasteiger partial charge >= 0.3 is 24.3 Å². The molecule has 0 radical (unpaired) electrons. The van der Waals surface area contributed by atoms with E-state index < -0.39 is 24.3 Å². The number of aliphatic carboxylic acids is 2. The number of carboxylic acid groups (broad SMARTS) is 2. The largest absolute Gasteiger partial charge is 0.496 e. The predicted octanol–water partition coefficient (Wildman–Crippen LogP) is 4.16. The second-order valence-electron chi connectivity index (χ2n) is 8.80. The van der Waals surface area contributed by atoms with Crippen LogP contribution in [0.4, 0.5) is 26.3 Å². The Labute approximate surface area is 225 Å². The number of benzene rings is 1. The first-order valence-corrected chi connectivity index (χ1v) is 11.7. The van der Waals surface area contributed by atoms with Crippen LogP contribution in [0.3, 0.4) is 0 Å². The molecule has 2 aliphatic rings. The Bertz CT molecular complexity index is 1070. The summed E-state index contributed by atoms with van der Waals surface area (Å²) in [5.74, 6) is -4.10. The Morgan fingerprint density at radius 3 is 2.12 bits per heavy atom. The molecule has 0 aliphatic carbocycles. The van der Waals surface area contributed by atoms with Crippen LogP contribution in [0.1, 0.15) is 17.7 Å². The maximum absolute atomic E-state index is 10.6. The number of carbonyl (C=O) groups is 2. The predicted molar refractivity (Wildman–Crippen MR) is 126 cm³/mol. The Kier molecular flexibility index (Phi) is 11.7. The SMILES string of the molecule is COc1ccccc1CN1CC2(C1)OCCC2COCc1ccccn1.O=C(O)C(F)(F)F.O=C(O)C(F)(F)F. The second-order valence-corrected chi connectivity index (χ2v) is 8.80. The van der Waals surface area contributed by atoms with Crippen LogP contribution in [0.2, 0.25) is 0 Å². The van der Waals surface area contributed by atoms with Gasteiger partial charge in [0.1, 0.15) is 5.75 Å². The maximum Gasteiger partial charge on any atom is 0.490 e. The number of alkyl halides is 6. The molecule has 3 heterocycles. The van der Waals surface area contributed by atoms with Gasteiger partial charge in [0.05, 0.1) is 31.6 Å². The van der Waals surface area contributed by atoms with Gasteiger partial charge in [0.2, 0.25) is 0 Å². The van der Waals surface area contributed by atoms with Crippen molar-refractivity contribution in [3.8, 4) is 5.75 Å². The summed E-state index contributed by atoms with van der Waals surface area (Å²) in [5.41, 5.74) is 2.17. The van der Waals surface area contributed by atoms with E-state index in [1.165, 1.54) is 5.56 Å². The van der Waals surface area contributed by atoms with Crippen LogP contribution in [-0.2, 0) is 32.2 Å². The van der Waals surface area contributed by atoms with Crippen molar-refractivity contribution >= 4 is 11.9 Å². The van der Waals surface area contributed by atoms with Crippen molar-refractivity contribution in [1.82, 2.24) is 9.88 Å². The van der Waals surface area contributed by atoms with E-state index in [0.29, 0.717) is 12.5 Å². The number of hydrogen-bond acceptors (Lipinski definition) is 7. The fourth-order valence-electron chi connectivity index (χ4n) is 4.06. The van der Waals surface area contributed by atoms with Crippen molar-refractivity contribution in [2.24, 2.45) is 5.92 Å². The summed E-state index contributed by atoms with van der Waals surface area (Å²) in [6.07, 6.45) is -7.29. The molecular formula is C25H28F6N2O7. The fraction of sp³-hybridized carbons (Fsp3) is 0.480. The number of rotatable bonds is 7. The van der Waals surface area contributed by atoms with E-state index in [-0.39, 0.29) is 5.60 Å². The van der Waals surface area contributed by atoms with Crippen molar-refractivity contribution in [3.05, 3.63) is 59.9 Å². The second kappa shape index (κ2) is 14.3. The molecule has 2 fully saturated rings. The monoisotopic (exact) mass is 582 g/mol. The number of hydrogen-bond donors (Lipinski definition) is 2. The van der Waals surface area contributed by atoms with E-state index in [0.717, 1.165) is 50.7 Å². The molecule has 1 unspecified atom stereocenters. The van der Waals surface area contributed by atoms with Crippen LogP contribution < -0.4 is 4.74 Å². The third-order valence-electron chi connectivity index (χ3n) is 5.95. The molecule has 2 saturated heterocycles. The molecule has 9 nitrogen and oxygen atoms in total. The zero-order chi connectivity index (χ0) is 30.0. The molecule has 1 spiro atoms. The van der Waals surface area contributed by atoms with Gasteiger partial charge in [-0.15, -0.1) is 0 Å². The molecule has 222 valence electrons. The lowest BCUT2D eigenvalue weighted by Crippen LogP contribution is -2.64. The first kappa shape index (κ1) is 32.8. The van der Waals surface area contributed by atoms with Crippen LogP contribution in [0, 0.1) is 5.92 Å². The van der Waals surface area contributed by atoms with Gasteiger partial charge in [0, 0.05) is 43.9 Å². The summed E-state index contributed by atoms with van der Waals surface area (Å²) in [5, 5.41) is 14.2. The molecule has 2 aliphatic heterocycles. The molecule has 4 rings (SSSR count). The summed E-state index contributed by atoms with van der Waals surface area (Å²) in [7, 11) is 1.73. The lowest BCUT2D eigenvalue weighted by molar-refractivity contribution is -0.193. The van der Waals surface area contributed by atoms with E-state index in [4.69, 9.17) is 34.0 Å². The van der Waals surface area contributed by atoms with Crippen LogP contribution in [0.5, 0.6) is 5.75 Å². The Morgan fingerprint density at radius 1 is 1.02 bits per heavy atom. The lowest BCUT2D eigenvalue weighted by Gasteiger charge is -2.50. The topological polar surface area (TPSA) is 118 Å². The fourth-order valence-corrected chi connectivity index (χ4v) is 4.06. The van der Waals surface area contributed by atoms with Crippen molar-refractivity contribution < 1.29 is 60.4 Å². The summed E-state index contributed by atoms with van der Waals surface area (Å²) in [4.78, 5) is 24.5. The van der Waals surface area contributed by atoms with E-state index in [2.05, 4.69) is 22.0 Å². The number of ether oxygens (including phenoxy) is 3. The molecule has 2 aromatic rings. The molecule has 40 heavy (non-hydrogen) atoms. The van der Waals surface area contributed by atoms with E-state index in [1.54, 1.807) is 13.3 Å². The van der Waals surface area contributed by atoms with Gasteiger partial charge in [-0.2, -0.15) is 26.3 Å². The number of carboxylic acids is 2. The standard InChI is InChI=1S/C21H26N2O3.2C2HF3O2/c1-24-20-8-3-2-6-17(20)12-23-15-21(16-23)18(9-11-26-21)13-25-14-19-7-4-5-10-22-19;2*3-2(4,5)1(6)7/h2-8,10,18H,9,11-16H2,1H3;2*(H,6,7). The number of nitrogens with zero attached hydrogens (tertiary/aromatic N) is 2. The van der Waals surface area contributed by atoms with Crippen LogP contribution >= 0.6 is 0 Å². The molecular weight excluding hydrogens is 554 g/mol. The highest BCUT2D eigenvalue weighted by atomic mass is 19.4. The molecule has 15 heteroatoms. The van der Waals surface area contributed by atoms with Crippen LogP contribution in [-0.4, -0.2) is 83.4 Å². The first-order chi connectivity index (χ1) is 18.7. The highest BCUT2D eigenvalue weighted by Gasteiger charge is 2.52. The number of aromatic nitrogens is 1. The van der Waals surface area contributed by atoms with Gasteiger partial charge in [-0.3, -0.25) is 9.88 Å². The third kappa shape index (κ3) is 9.95. The van der Waals surface area contributed by atoms with Gasteiger partial charge < -0.3 is 24.4 Å². The third-order valence-corrected chi connectivity index (χ3v) is 5.95. The minimum absolute atomic E-state index is 0.0356. The zero-order valence-electron chi connectivity index (χ0n) is 21.2. The van der Waals surface area contributed by atoms with E-state index >= 15 is 0 Å². The molecule has 0 saturated carbocycles. The maximum atomic E-state index is 10.6. The van der Waals surface area contributed by atoms with Crippen molar-refractivity contribution in [3.63, 3.8) is 0 Å². The summed E-state index contributed by atoms with van der Waals surface area (Å²) < 4.78 is 81.0. The van der Waals surface area contributed by atoms with Gasteiger partial charge in [0.25, 0.3) is 0 Å². The quantitative estimate of drug-likeness (QED) is 0.464. The van der Waals surface area contributed by atoms with Gasteiger partial charge in [-0.25, -0.2) is 9.59 Å². The van der Waals surface area contributed by atoms with Crippen LogP contribution in [0.15, 0.2) is 48.7 Å². The number of para-hydroxylation sites is 1. The highest BCUT2D eigenvalue weighted by Crippen LogP contribution is 2.41. The normalized spacial score (nSPS) is 18.0. The average molecular weight is 582 g/mol. The minimum atomic E-state index is -5.08. The smallest absolute Gasteiger partial charge is 0.490 e. The zero-order valence-corrected chi connectivity index (χ0v) is 21.2. The summed E-state index contributed by atoms with van der Waals surface area (Å²) in [6.45, 7) is 4.96. The van der Waals surface area contributed by atoms with Crippen LogP contribution in [0.25, 0.3) is 0 Å². The Morgan fingerprint density at radius 2 is 1.60 bits per heavy atom. The van der Waals surface area contributed by atoms with Gasteiger partial charge in [0.15, 0.2) is 0 Å². The summed E-state index contributed by atoms with van der Waals surface area (Å²) >= 11 is 0. The molecule has 2 N–H and O–H groups in total. The molecule has 1 aromatic heterocycles. The van der Waals surface area contributed by atoms with Crippen molar-refractivity contribution in [1.29, 1.82) is 0 Å².